The molecule has 28 heavy (non-hydrogen) atoms. The number of halogens is 1. The van der Waals surface area contributed by atoms with Crippen molar-refractivity contribution in [1.29, 1.82) is 0 Å². The standard InChI is InChI=1S/C23H17ClN2OS/c1-2-15-26-21-19(24)9-6-10-20(21)28-23(26)25-22(27)18-13-11-17(12-14-18)16-7-4-3-5-8-16/h2-14H,1,15H2. The van der Waals surface area contributed by atoms with Crippen molar-refractivity contribution in [3.05, 3.63) is 101 Å². The van der Waals surface area contributed by atoms with Crippen LogP contribution in [-0.4, -0.2) is 10.5 Å². The van der Waals surface area contributed by atoms with Gasteiger partial charge in [0.15, 0.2) is 4.80 Å². The minimum absolute atomic E-state index is 0.278. The van der Waals surface area contributed by atoms with Gasteiger partial charge in [0, 0.05) is 12.1 Å². The molecule has 0 aliphatic heterocycles. The van der Waals surface area contributed by atoms with E-state index in [1.54, 1.807) is 6.08 Å². The molecule has 5 heteroatoms. The highest BCUT2D eigenvalue weighted by molar-refractivity contribution is 7.16. The van der Waals surface area contributed by atoms with Crippen LogP contribution in [0.3, 0.4) is 0 Å². The maximum Gasteiger partial charge on any atom is 0.279 e. The molecule has 0 fully saturated rings. The van der Waals surface area contributed by atoms with Crippen molar-refractivity contribution in [2.24, 2.45) is 4.99 Å². The summed E-state index contributed by atoms with van der Waals surface area (Å²) in [5.74, 6) is -0.278. The lowest BCUT2D eigenvalue weighted by atomic mass is 10.0. The van der Waals surface area contributed by atoms with Crippen LogP contribution in [0.15, 0.2) is 90.4 Å². The second kappa shape index (κ2) is 7.97. The monoisotopic (exact) mass is 404 g/mol. The maximum absolute atomic E-state index is 12.7. The molecule has 0 spiro atoms. The third-order valence-corrected chi connectivity index (χ3v) is 5.75. The summed E-state index contributed by atoms with van der Waals surface area (Å²) in [6.45, 7) is 4.33. The van der Waals surface area contributed by atoms with Crippen LogP contribution >= 0.6 is 22.9 Å². The Hall–Kier alpha value is -2.95. The third-order valence-electron chi connectivity index (χ3n) is 4.40. The van der Waals surface area contributed by atoms with E-state index in [4.69, 9.17) is 11.6 Å². The van der Waals surface area contributed by atoms with Crippen LogP contribution in [0.2, 0.25) is 5.02 Å². The summed E-state index contributed by atoms with van der Waals surface area (Å²) in [5.41, 5.74) is 3.60. The Labute approximate surface area is 171 Å². The van der Waals surface area contributed by atoms with Crippen LogP contribution < -0.4 is 4.80 Å². The van der Waals surface area contributed by atoms with Crippen LogP contribution in [0.5, 0.6) is 0 Å². The number of rotatable bonds is 4. The number of para-hydroxylation sites is 1. The summed E-state index contributed by atoms with van der Waals surface area (Å²) in [4.78, 5) is 17.7. The molecule has 0 saturated carbocycles. The van der Waals surface area contributed by atoms with Gasteiger partial charge in [0.25, 0.3) is 5.91 Å². The zero-order valence-corrected chi connectivity index (χ0v) is 16.6. The van der Waals surface area contributed by atoms with Crippen molar-refractivity contribution in [2.45, 2.75) is 6.54 Å². The Morgan fingerprint density at radius 3 is 2.43 bits per heavy atom. The molecule has 0 bridgehead atoms. The first-order chi connectivity index (χ1) is 13.7. The number of carbonyl (C=O) groups excluding carboxylic acids is 1. The maximum atomic E-state index is 12.7. The molecule has 3 nitrogen and oxygen atoms in total. The first kappa shape index (κ1) is 18.4. The molecule has 4 aromatic rings. The molecule has 0 atom stereocenters. The van der Waals surface area contributed by atoms with Gasteiger partial charge >= 0.3 is 0 Å². The minimum atomic E-state index is -0.278. The van der Waals surface area contributed by atoms with E-state index >= 15 is 0 Å². The van der Waals surface area contributed by atoms with Crippen molar-refractivity contribution >= 4 is 39.1 Å². The Morgan fingerprint density at radius 1 is 1.00 bits per heavy atom. The first-order valence-electron chi connectivity index (χ1n) is 8.80. The lowest BCUT2D eigenvalue weighted by molar-refractivity contribution is 0.0998. The van der Waals surface area contributed by atoms with Gasteiger partial charge in [-0.05, 0) is 35.4 Å². The van der Waals surface area contributed by atoms with Crippen molar-refractivity contribution in [2.75, 3.05) is 0 Å². The van der Waals surface area contributed by atoms with E-state index in [-0.39, 0.29) is 5.91 Å². The summed E-state index contributed by atoms with van der Waals surface area (Å²) >= 11 is 7.81. The smallest absolute Gasteiger partial charge is 0.279 e. The molecule has 1 aromatic heterocycles. The van der Waals surface area contributed by atoms with Crippen LogP contribution in [-0.2, 0) is 6.54 Å². The Morgan fingerprint density at radius 2 is 1.71 bits per heavy atom. The summed E-state index contributed by atoms with van der Waals surface area (Å²) < 4.78 is 2.91. The molecule has 0 aliphatic carbocycles. The fourth-order valence-electron chi connectivity index (χ4n) is 3.06. The number of carbonyl (C=O) groups is 1. The van der Waals surface area contributed by atoms with Crippen LogP contribution in [0.25, 0.3) is 21.3 Å². The van der Waals surface area contributed by atoms with E-state index in [0.29, 0.717) is 21.9 Å². The number of fused-ring (bicyclic) bond motifs is 1. The largest absolute Gasteiger partial charge is 0.311 e. The summed E-state index contributed by atoms with van der Waals surface area (Å²) in [6.07, 6.45) is 1.77. The average molecular weight is 405 g/mol. The van der Waals surface area contributed by atoms with Crippen LogP contribution in [0.4, 0.5) is 0 Å². The Bertz CT molecular complexity index is 1220. The van der Waals surface area contributed by atoms with Gasteiger partial charge < -0.3 is 4.57 Å². The molecular formula is C23H17ClN2OS. The van der Waals surface area contributed by atoms with Crippen LogP contribution in [0.1, 0.15) is 10.4 Å². The molecule has 0 aliphatic rings. The average Bonchev–Trinajstić information content (AvgIpc) is 3.07. The van der Waals surface area contributed by atoms with Crippen molar-refractivity contribution in [3.8, 4) is 11.1 Å². The molecule has 4 rings (SSSR count). The van der Waals surface area contributed by atoms with Crippen molar-refractivity contribution in [3.63, 3.8) is 0 Å². The van der Waals surface area contributed by atoms with E-state index in [1.807, 2.05) is 77.4 Å². The summed E-state index contributed by atoms with van der Waals surface area (Å²) in [7, 11) is 0. The van der Waals surface area contributed by atoms with Gasteiger partial charge in [-0.1, -0.05) is 77.5 Å². The molecule has 3 aromatic carbocycles. The van der Waals surface area contributed by atoms with E-state index in [1.165, 1.54) is 11.3 Å². The van der Waals surface area contributed by atoms with Gasteiger partial charge in [-0.3, -0.25) is 4.79 Å². The molecule has 0 saturated heterocycles. The van der Waals surface area contributed by atoms with Gasteiger partial charge in [0.2, 0.25) is 0 Å². The number of allylic oxidation sites excluding steroid dienone is 1. The van der Waals surface area contributed by atoms with Gasteiger partial charge in [-0.15, -0.1) is 6.58 Å². The van der Waals surface area contributed by atoms with Gasteiger partial charge in [-0.2, -0.15) is 4.99 Å². The number of aromatic nitrogens is 1. The van der Waals surface area contributed by atoms with Gasteiger partial charge in [-0.25, -0.2) is 0 Å². The normalized spacial score (nSPS) is 11.7. The van der Waals surface area contributed by atoms with E-state index in [2.05, 4.69) is 11.6 Å². The highest BCUT2D eigenvalue weighted by atomic mass is 35.5. The van der Waals surface area contributed by atoms with Crippen molar-refractivity contribution in [1.82, 2.24) is 4.57 Å². The van der Waals surface area contributed by atoms with E-state index in [0.717, 1.165) is 21.3 Å². The van der Waals surface area contributed by atoms with Crippen LogP contribution in [0, 0.1) is 0 Å². The number of hydrogen-bond donors (Lipinski definition) is 0. The summed E-state index contributed by atoms with van der Waals surface area (Å²) in [5, 5.41) is 0.636. The third kappa shape index (κ3) is 3.57. The number of nitrogens with zero attached hydrogens (tertiary/aromatic N) is 2. The quantitative estimate of drug-likeness (QED) is 0.387. The lowest BCUT2D eigenvalue weighted by Gasteiger charge is -2.03. The van der Waals surface area contributed by atoms with Gasteiger partial charge in [0.05, 0.1) is 15.2 Å². The Kier molecular flexibility index (Phi) is 5.24. The highest BCUT2D eigenvalue weighted by Crippen LogP contribution is 2.25. The molecule has 0 unspecified atom stereocenters. The molecule has 1 heterocycles. The topological polar surface area (TPSA) is 34.4 Å². The molecule has 1 amide bonds. The number of thiazole rings is 1. The second-order valence-corrected chi connectivity index (χ2v) is 7.65. The lowest BCUT2D eigenvalue weighted by Crippen LogP contribution is -2.16. The zero-order valence-electron chi connectivity index (χ0n) is 15.0. The molecule has 138 valence electrons. The molecule has 0 radical (unpaired) electrons. The fourth-order valence-corrected chi connectivity index (χ4v) is 4.46. The van der Waals surface area contributed by atoms with E-state index in [9.17, 15) is 4.79 Å². The summed E-state index contributed by atoms with van der Waals surface area (Å²) in [6, 6.07) is 23.3. The number of hydrogen-bond acceptors (Lipinski definition) is 2. The highest BCUT2D eigenvalue weighted by Gasteiger charge is 2.11. The molecular weight excluding hydrogens is 388 g/mol. The Balaban J connectivity index is 1.73. The molecule has 0 N–H and O–H groups in total. The van der Waals surface area contributed by atoms with Gasteiger partial charge in [0.1, 0.15) is 0 Å². The fraction of sp³-hybridized carbons (Fsp3) is 0.0435. The SMILES string of the molecule is C=CCn1c(=NC(=O)c2ccc(-c3ccccc3)cc2)sc2cccc(Cl)c21. The second-order valence-electron chi connectivity index (χ2n) is 6.23. The van der Waals surface area contributed by atoms with Crippen molar-refractivity contribution < 1.29 is 4.79 Å². The predicted octanol–water partition coefficient (Wildman–Crippen LogP) is 5.95. The predicted molar refractivity (Wildman–Crippen MR) is 117 cm³/mol. The zero-order chi connectivity index (χ0) is 19.5. The number of amides is 1. The first-order valence-corrected chi connectivity index (χ1v) is 10.00. The number of benzene rings is 3. The minimum Gasteiger partial charge on any atom is -0.311 e. The van der Waals surface area contributed by atoms with E-state index < -0.39 is 0 Å².